The van der Waals surface area contributed by atoms with Crippen molar-refractivity contribution in [3.8, 4) is 0 Å². The second-order valence-electron chi connectivity index (χ2n) is 6.69. The smallest absolute Gasteiger partial charge is 0.330 e. The molecule has 0 saturated heterocycles. The predicted molar refractivity (Wildman–Crippen MR) is 65.5 cm³/mol. The molecule has 0 heterocycles. The first-order valence-corrected chi connectivity index (χ1v) is 7.20. The van der Waals surface area contributed by atoms with Crippen LogP contribution in [-0.4, -0.2) is 23.3 Å². The molecule has 0 aromatic rings. The lowest BCUT2D eigenvalue weighted by atomic mass is 9.69. The lowest BCUT2D eigenvalue weighted by Crippen LogP contribution is -2.41. The Morgan fingerprint density at radius 1 is 1.11 bits per heavy atom. The van der Waals surface area contributed by atoms with Crippen LogP contribution in [0, 0.1) is 35.5 Å². The van der Waals surface area contributed by atoms with Crippen molar-refractivity contribution in [1.29, 1.82) is 0 Å². The number of carbonyl (C=O) groups excluding carboxylic acids is 1. The van der Waals surface area contributed by atoms with Crippen LogP contribution in [0.4, 0.5) is 0 Å². The van der Waals surface area contributed by atoms with Gasteiger partial charge in [-0.25, -0.2) is 4.79 Å². The van der Waals surface area contributed by atoms with Gasteiger partial charge in [-0.1, -0.05) is 6.58 Å². The molecule has 0 spiro atoms. The minimum Gasteiger partial charge on any atom is -0.459 e. The Hall–Kier alpha value is -0.830. The number of hydrogen-bond acceptors (Lipinski definition) is 3. The number of carbonyl (C=O) groups is 1. The van der Waals surface area contributed by atoms with E-state index in [4.69, 9.17) is 4.74 Å². The van der Waals surface area contributed by atoms with Crippen molar-refractivity contribution in [3.05, 3.63) is 12.7 Å². The first-order chi connectivity index (χ1) is 8.69. The largest absolute Gasteiger partial charge is 0.459 e. The molecule has 4 aliphatic carbocycles. The maximum absolute atomic E-state index is 11.4. The Kier molecular flexibility index (Phi) is 2.20. The first kappa shape index (κ1) is 11.0. The molecule has 1 N–H and O–H groups in total. The highest BCUT2D eigenvalue weighted by Crippen LogP contribution is 2.67. The summed E-state index contributed by atoms with van der Waals surface area (Å²) in [6.07, 6.45) is 5.76. The van der Waals surface area contributed by atoms with E-state index in [0.29, 0.717) is 17.8 Å². The number of fused-ring (bicyclic) bond motifs is 9. The average Bonchev–Trinajstić information content (AvgIpc) is 3.04. The standard InChI is InChI=1S/C15H20O3/c1-2-13(17)18-12-6-8-4-10(12)15-9-3-7(14(8)15)5-11(9)16/h2,7-12,14-16H,1,3-6H2. The molecule has 18 heavy (non-hydrogen) atoms. The Morgan fingerprint density at radius 2 is 1.83 bits per heavy atom. The molecular formula is C15H20O3. The van der Waals surface area contributed by atoms with E-state index in [2.05, 4.69) is 6.58 Å². The Labute approximate surface area is 107 Å². The summed E-state index contributed by atoms with van der Waals surface area (Å²) in [5.41, 5.74) is 0. The van der Waals surface area contributed by atoms with E-state index >= 15 is 0 Å². The summed E-state index contributed by atoms with van der Waals surface area (Å²) < 4.78 is 5.51. The second-order valence-corrected chi connectivity index (χ2v) is 6.69. The number of aliphatic hydroxyl groups excluding tert-OH is 1. The number of hydrogen-bond donors (Lipinski definition) is 1. The predicted octanol–water partition coefficient (Wildman–Crippen LogP) is 1.76. The molecule has 3 nitrogen and oxygen atoms in total. The monoisotopic (exact) mass is 248 g/mol. The van der Waals surface area contributed by atoms with Gasteiger partial charge in [-0.2, -0.15) is 0 Å². The van der Waals surface area contributed by atoms with Crippen molar-refractivity contribution in [2.45, 2.75) is 37.9 Å². The van der Waals surface area contributed by atoms with E-state index in [-0.39, 0.29) is 18.2 Å². The summed E-state index contributed by atoms with van der Waals surface area (Å²) in [6, 6.07) is 0. The van der Waals surface area contributed by atoms with E-state index in [1.807, 2.05) is 0 Å². The number of esters is 1. The van der Waals surface area contributed by atoms with E-state index < -0.39 is 0 Å². The molecular weight excluding hydrogens is 228 g/mol. The Balaban J connectivity index is 1.56. The number of aliphatic hydroxyl groups is 1. The summed E-state index contributed by atoms with van der Waals surface area (Å²) in [4.78, 5) is 11.4. The van der Waals surface area contributed by atoms with Crippen LogP contribution in [0.15, 0.2) is 12.7 Å². The summed E-state index contributed by atoms with van der Waals surface area (Å²) >= 11 is 0. The molecule has 3 heteroatoms. The highest BCUT2D eigenvalue weighted by molar-refractivity contribution is 5.81. The molecule has 98 valence electrons. The lowest BCUT2D eigenvalue weighted by molar-refractivity contribution is -0.148. The van der Waals surface area contributed by atoms with Gasteiger partial charge in [0, 0.05) is 6.08 Å². The Bertz CT molecular complexity index is 405. The fraction of sp³-hybridized carbons (Fsp3) is 0.800. The third kappa shape index (κ3) is 1.26. The zero-order chi connectivity index (χ0) is 12.4. The maximum atomic E-state index is 11.4. The van der Waals surface area contributed by atoms with Crippen LogP contribution in [0.25, 0.3) is 0 Å². The average molecular weight is 248 g/mol. The van der Waals surface area contributed by atoms with Crippen LogP contribution in [0.3, 0.4) is 0 Å². The van der Waals surface area contributed by atoms with Crippen molar-refractivity contribution in [2.24, 2.45) is 35.5 Å². The minimum absolute atomic E-state index is 0.0910. The summed E-state index contributed by atoms with van der Waals surface area (Å²) in [6.45, 7) is 3.47. The molecule has 4 aliphatic rings. The van der Waals surface area contributed by atoms with Crippen molar-refractivity contribution in [3.63, 3.8) is 0 Å². The second kappa shape index (κ2) is 3.60. The van der Waals surface area contributed by atoms with E-state index in [1.54, 1.807) is 0 Å². The molecule has 4 rings (SSSR count). The van der Waals surface area contributed by atoms with Crippen LogP contribution >= 0.6 is 0 Å². The van der Waals surface area contributed by atoms with Gasteiger partial charge < -0.3 is 9.84 Å². The molecule has 0 aromatic carbocycles. The Morgan fingerprint density at radius 3 is 2.61 bits per heavy atom. The third-order valence-electron chi connectivity index (χ3n) is 6.16. The number of rotatable bonds is 2. The molecule has 8 atom stereocenters. The van der Waals surface area contributed by atoms with Crippen LogP contribution in [-0.2, 0) is 9.53 Å². The zero-order valence-electron chi connectivity index (χ0n) is 10.5. The molecule has 0 aromatic heterocycles. The minimum atomic E-state index is -0.284. The molecule has 4 saturated carbocycles. The van der Waals surface area contributed by atoms with Crippen molar-refractivity contribution >= 4 is 5.97 Å². The van der Waals surface area contributed by atoms with Crippen LogP contribution < -0.4 is 0 Å². The SMILES string of the molecule is C=CC(=O)OC1CC2CC1C1C3CC(CC3O)C21. The summed E-state index contributed by atoms with van der Waals surface area (Å²) in [5.74, 6) is 3.65. The van der Waals surface area contributed by atoms with Crippen LogP contribution in [0.5, 0.6) is 0 Å². The van der Waals surface area contributed by atoms with E-state index in [0.717, 1.165) is 30.6 Å². The van der Waals surface area contributed by atoms with Crippen LogP contribution in [0.2, 0.25) is 0 Å². The van der Waals surface area contributed by atoms with Crippen LogP contribution in [0.1, 0.15) is 25.7 Å². The summed E-state index contributed by atoms with van der Waals surface area (Å²) in [5, 5.41) is 10.1. The van der Waals surface area contributed by atoms with Gasteiger partial charge in [-0.05, 0) is 61.2 Å². The van der Waals surface area contributed by atoms with Crippen molar-refractivity contribution < 1.29 is 14.6 Å². The van der Waals surface area contributed by atoms with Gasteiger partial charge in [0.15, 0.2) is 0 Å². The highest BCUT2D eigenvalue weighted by atomic mass is 16.5. The fourth-order valence-electron chi connectivity index (χ4n) is 5.84. The van der Waals surface area contributed by atoms with Gasteiger partial charge in [0.1, 0.15) is 6.10 Å². The van der Waals surface area contributed by atoms with Gasteiger partial charge in [0.25, 0.3) is 0 Å². The fourth-order valence-corrected chi connectivity index (χ4v) is 5.84. The van der Waals surface area contributed by atoms with Gasteiger partial charge in [-0.3, -0.25) is 0 Å². The molecule has 4 bridgehead atoms. The van der Waals surface area contributed by atoms with Gasteiger partial charge >= 0.3 is 5.97 Å². The van der Waals surface area contributed by atoms with Gasteiger partial charge in [0.05, 0.1) is 6.10 Å². The summed E-state index contributed by atoms with van der Waals surface area (Å²) in [7, 11) is 0. The highest BCUT2D eigenvalue weighted by Gasteiger charge is 2.65. The van der Waals surface area contributed by atoms with Crippen molar-refractivity contribution in [1.82, 2.24) is 0 Å². The molecule has 4 fully saturated rings. The third-order valence-corrected chi connectivity index (χ3v) is 6.16. The first-order valence-electron chi connectivity index (χ1n) is 7.20. The molecule has 0 radical (unpaired) electrons. The zero-order valence-corrected chi connectivity index (χ0v) is 10.5. The quantitative estimate of drug-likeness (QED) is 0.460. The lowest BCUT2D eigenvalue weighted by Gasteiger charge is -2.39. The van der Waals surface area contributed by atoms with Gasteiger partial charge in [-0.15, -0.1) is 0 Å². The topological polar surface area (TPSA) is 46.5 Å². The van der Waals surface area contributed by atoms with E-state index in [9.17, 15) is 9.90 Å². The van der Waals surface area contributed by atoms with Gasteiger partial charge in [0.2, 0.25) is 0 Å². The van der Waals surface area contributed by atoms with Crippen molar-refractivity contribution in [2.75, 3.05) is 0 Å². The normalized spacial score (nSPS) is 55.6. The number of ether oxygens (including phenoxy) is 1. The van der Waals surface area contributed by atoms with E-state index in [1.165, 1.54) is 18.9 Å². The maximum Gasteiger partial charge on any atom is 0.330 e. The molecule has 0 amide bonds. The molecule has 8 unspecified atom stereocenters. The molecule has 0 aliphatic heterocycles.